The van der Waals surface area contributed by atoms with Crippen LogP contribution < -0.4 is 5.32 Å². The molecule has 0 bridgehead atoms. The lowest BCUT2D eigenvalue weighted by Crippen LogP contribution is -2.18. The van der Waals surface area contributed by atoms with Crippen LogP contribution in [0.15, 0.2) is 48.5 Å². The Hall–Kier alpha value is -2.40. The topological polar surface area (TPSA) is 72.2 Å². The first-order chi connectivity index (χ1) is 10.0. The number of hydrogen-bond acceptors (Lipinski definition) is 3. The van der Waals surface area contributed by atoms with E-state index in [1.54, 1.807) is 37.3 Å². The maximum atomic E-state index is 12.1. The molecule has 1 N–H and O–H groups in total. The quantitative estimate of drug-likeness (QED) is 0.530. The fraction of sp³-hybridized carbons (Fsp3) is 0.133. The van der Waals surface area contributed by atoms with Crippen molar-refractivity contribution in [1.82, 2.24) is 0 Å². The molecule has 0 fully saturated rings. The summed E-state index contributed by atoms with van der Waals surface area (Å²) in [7, 11) is 0. The summed E-state index contributed by atoms with van der Waals surface area (Å²) in [5.41, 5.74) is 1.40. The third-order valence-corrected chi connectivity index (χ3v) is 3.53. The van der Waals surface area contributed by atoms with Crippen molar-refractivity contribution in [2.75, 3.05) is 5.32 Å². The summed E-state index contributed by atoms with van der Waals surface area (Å²) in [6.07, 6.45) is 0. The van der Waals surface area contributed by atoms with Crippen molar-refractivity contribution >= 4 is 28.9 Å². The van der Waals surface area contributed by atoms with E-state index in [0.29, 0.717) is 16.8 Å². The number of nitrogens with zero attached hydrogens (tertiary/aromatic N) is 1. The third kappa shape index (κ3) is 3.38. The van der Waals surface area contributed by atoms with Crippen LogP contribution in [-0.4, -0.2) is 10.8 Å². The van der Waals surface area contributed by atoms with Gasteiger partial charge in [-0.1, -0.05) is 36.4 Å². The van der Waals surface area contributed by atoms with Crippen LogP contribution >= 0.6 is 11.6 Å². The van der Waals surface area contributed by atoms with E-state index in [-0.39, 0.29) is 5.69 Å². The highest BCUT2D eigenvalue weighted by Crippen LogP contribution is 2.27. The molecule has 0 aliphatic carbocycles. The van der Waals surface area contributed by atoms with Gasteiger partial charge in [-0.15, -0.1) is 11.6 Å². The smallest absolute Gasteiger partial charge is 0.274 e. The van der Waals surface area contributed by atoms with E-state index in [4.69, 9.17) is 11.6 Å². The van der Waals surface area contributed by atoms with E-state index < -0.39 is 16.2 Å². The summed E-state index contributed by atoms with van der Waals surface area (Å²) in [5.74, 6) is -0.425. The predicted molar refractivity (Wildman–Crippen MR) is 81.5 cm³/mol. The number of anilines is 1. The molecular formula is C15H13ClN2O3. The van der Waals surface area contributed by atoms with E-state index in [2.05, 4.69) is 5.32 Å². The van der Waals surface area contributed by atoms with E-state index in [0.717, 1.165) is 0 Å². The number of rotatable bonds is 4. The van der Waals surface area contributed by atoms with E-state index in [9.17, 15) is 14.9 Å². The molecule has 0 aromatic heterocycles. The molecule has 1 amide bonds. The summed E-state index contributed by atoms with van der Waals surface area (Å²) in [6.45, 7) is 1.58. The second-order valence-corrected chi connectivity index (χ2v) is 4.91. The Morgan fingerprint density at radius 3 is 2.48 bits per heavy atom. The molecule has 0 spiro atoms. The van der Waals surface area contributed by atoms with Crippen molar-refractivity contribution in [3.63, 3.8) is 0 Å². The number of alkyl halides is 1. The molecule has 2 aromatic carbocycles. The zero-order valence-corrected chi connectivity index (χ0v) is 12.0. The summed E-state index contributed by atoms with van der Waals surface area (Å²) in [6, 6.07) is 13.4. The Labute approximate surface area is 126 Å². The number of nitrogens with one attached hydrogen (secondary N) is 1. The number of halogens is 1. The van der Waals surface area contributed by atoms with Gasteiger partial charge < -0.3 is 5.32 Å². The Morgan fingerprint density at radius 2 is 1.86 bits per heavy atom. The van der Waals surface area contributed by atoms with Crippen molar-refractivity contribution in [3.05, 3.63) is 69.8 Å². The van der Waals surface area contributed by atoms with Crippen molar-refractivity contribution in [3.8, 4) is 0 Å². The molecule has 0 aliphatic heterocycles. The fourth-order valence-corrected chi connectivity index (χ4v) is 2.13. The Balaban J connectivity index is 2.21. The second kappa shape index (κ2) is 6.37. The first-order valence-electron chi connectivity index (χ1n) is 6.24. The van der Waals surface area contributed by atoms with Crippen LogP contribution in [0.5, 0.6) is 0 Å². The molecule has 0 heterocycles. The van der Waals surface area contributed by atoms with Crippen LogP contribution in [0.3, 0.4) is 0 Å². The Bertz CT molecular complexity index is 674. The number of amides is 1. The van der Waals surface area contributed by atoms with Crippen LogP contribution in [0.1, 0.15) is 16.5 Å². The van der Waals surface area contributed by atoms with Gasteiger partial charge in [0.1, 0.15) is 5.38 Å². The molecule has 2 aromatic rings. The van der Waals surface area contributed by atoms with Gasteiger partial charge in [0.2, 0.25) is 5.91 Å². The Morgan fingerprint density at radius 1 is 1.19 bits per heavy atom. The maximum Gasteiger partial charge on any atom is 0.274 e. The van der Waals surface area contributed by atoms with Crippen molar-refractivity contribution in [2.24, 2.45) is 0 Å². The molecule has 6 heteroatoms. The van der Waals surface area contributed by atoms with Crippen LogP contribution in [-0.2, 0) is 4.79 Å². The van der Waals surface area contributed by atoms with Crippen LogP contribution in [0, 0.1) is 17.0 Å². The number of benzene rings is 2. The first kappa shape index (κ1) is 15.0. The standard InChI is InChI=1S/C15H13ClN2O3/c1-10-12(8-5-9-13(10)18(20)21)17-15(19)14(16)11-6-3-2-4-7-11/h2-9,14H,1H3,(H,17,19). The average molecular weight is 305 g/mol. The minimum Gasteiger partial charge on any atom is -0.324 e. The summed E-state index contributed by atoms with van der Waals surface area (Å²) >= 11 is 6.12. The third-order valence-electron chi connectivity index (χ3n) is 3.08. The lowest BCUT2D eigenvalue weighted by Gasteiger charge is -2.12. The highest BCUT2D eigenvalue weighted by atomic mass is 35.5. The van der Waals surface area contributed by atoms with Crippen LogP contribution in [0.2, 0.25) is 0 Å². The van der Waals surface area contributed by atoms with Gasteiger partial charge in [-0.05, 0) is 18.6 Å². The summed E-state index contributed by atoms with van der Waals surface area (Å²) < 4.78 is 0. The van der Waals surface area contributed by atoms with E-state index in [1.807, 2.05) is 6.07 Å². The molecule has 1 unspecified atom stereocenters. The fourth-order valence-electron chi connectivity index (χ4n) is 1.93. The number of hydrogen-bond donors (Lipinski definition) is 1. The molecule has 5 nitrogen and oxygen atoms in total. The van der Waals surface area contributed by atoms with Crippen molar-refractivity contribution < 1.29 is 9.72 Å². The second-order valence-electron chi connectivity index (χ2n) is 4.47. The molecule has 0 saturated heterocycles. The zero-order chi connectivity index (χ0) is 15.4. The lowest BCUT2D eigenvalue weighted by molar-refractivity contribution is -0.385. The highest BCUT2D eigenvalue weighted by Gasteiger charge is 2.20. The molecule has 0 saturated carbocycles. The van der Waals surface area contributed by atoms with Gasteiger partial charge in [-0.3, -0.25) is 14.9 Å². The molecule has 0 aliphatic rings. The van der Waals surface area contributed by atoms with Gasteiger partial charge in [0.05, 0.1) is 16.2 Å². The minimum atomic E-state index is -0.857. The monoisotopic (exact) mass is 304 g/mol. The van der Waals surface area contributed by atoms with E-state index in [1.165, 1.54) is 12.1 Å². The molecule has 0 radical (unpaired) electrons. The largest absolute Gasteiger partial charge is 0.324 e. The van der Waals surface area contributed by atoms with Crippen LogP contribution in [0.4, 0.5) is 11.4 Å². The molecule has 108 valence electrons. The number of nitro groups is 1. The van der Waals surface area contributed by atoms with Gasteiger partial charge >= 0.3 is 0 Å². The molecule has 21 heavy (non-hydrogen) atoms. The maximum absolute atomic E-state index is 12.1. The van der Waals surface area contributed by atoms with E-state index >= 15 is 0 Å². The average Bonchev–Trinajstić information content (AvgIpc) is 2.49. The molecular weight excluding hydrogens is 292 g/mol. The summed E-state index contributed by atoms with van der Waals surface area (Å²) in [4.78, 5) is 22.5. The minimum absolute atomic E-state index is 0.0429. The number of nitro benzene ring substituents is 1. The Kier molecular flexibility index (Phi) is 4.55. The van der Waals surface area contributed by atoms with Gasteiger partial charge in [0.25, 0.3) is 5.69 Å². The van der Waals surface area contributed by atoms with Gasteiger partial charge in [-0.2, -0.15) is 0 Å². The van der Waals surface area contributed by atoms with Gasteiger partial charge in [0, 0.05) is 6.07 Å². The highest BCUT2D eigenvalue weighted by molar-refractivity contribution is 6.32. The van der Waals surface area contributed by atoms with Crippen molar-refractivity contribution in [2.45, 2.75) is 12.3 Å². The number of carbonyl (C=O) groups excluding carboxylic acids is 1. The van der Waals surface area contributed by atoms with Crippen molar-refractivity contribution in [1.29, 1.82) is 0 Å². The zero-order valence-electron chi connectivity index (χ0n) is 11.2. The van der Waals surface area contributed by atoms with Gasteiger partial charge in [0.15, 0.2) is 0 Å². The number of carbonyl (C=O) groups is 1. The summed E-state index contributed by atoms with van der Waals surface area (Å²) in [5, 5.41) is 12.7. The molecule has 2 rings (SSSR count). The first-order valence-corrected chi connectivity index (χ1v) is 6.68. The SMILES string of the molecule is Cc1c(NC(=O)C(Cl)c2ccccc2)cccc1[N+](=O)[O-]. The predicted octanol–water partition coefficient (Wildman–Crippen LogP) is 3.82. The molecule has 1 atom stereocenters. The van der Waals surface area contributed by atoms with Crippen LogP contribution in [0.25, 0.3) is 0 Å². The normalized spacial score (nSPS) is 11.7. The van der Waals surface area contributed by atoms with Gasteiger partial charge in [-0.25, -0.2) is 0 Å². The lowest BCUT2D eigenvalue weighted by atomic mass is 10.1.